The molecule has 0 atom stereocenters. The molecule has 2 aromatic carbocycles. The van der Waals surface area contributed by atoms with E-state index in [9.17, 15) is 4.79 Å². The van der Waals surface area contributed by atoms with Gasteiger partial charge >= 0.3 is 6.03 Å². The first-order valence-electron chi connectivity index (χ1n) is 8.76. The molecule has 2 aromatic heterocycles. The number of anilines is 2. The maximum Gasteiger partial charge on any atom is 0.323 e. The zero-order valence-electron chi connectivity index (χ0n) is 14.9. The van der Waals surface area contributed by atoms with Crippen LogP contribution in [0.1, 0.15) is 0 Å². The van der Waals surface area contributed by atoms with Crippen molar-refractivity contribution >= 4 is 17.4 Å². The number of rotatable bonds is 5. The van der Waals surface area contributed by atoms with Crippen molar-refractivity contribution in [1.29, 1.82) is 0 Å². The molecule has 0 radical (unpaired) electrons. The molecule has 28 heavy (non-hydrogen) atoms. The Balaban J connectivity index is 1.37. The third-order valence-electron chi connectivity index (χ3n) is 4.00. The van der Waals surface area contributed by atoms with Gasteiger partial charge in [-0.25, -0.2) is 4.79 Å². The Hall–Kier alpha value is -4.06. The first-order valence-corrected chi connectivity index (χ1v) is 8.76. The van der Waals surface area contributed by atoms with Crippen LogP contribution in [0.5, 0.6) is 11.5 Å². The summed E-state index contributed by atoms with van der Waals surface area (Å²) in [6.07, 6.45) is 7.24. The van der Waals surface area contributed by atoms with E-state index in [0.29, 0.717) is 22.9 Å². The second kappa shape index (κ2) is 8.09. The Labute approximate surface area is 162 Å². The van der Waals surface area contributed by atoms with Crippen LogP contribution in [0.4, 0.5) is 16.2 Å². The van der Waals surface area contributed by atoms with E-state index in [2.05, 4.69) is 15.6 Å². The Morgan fingerprint density at radius 3 is 2.21 bits per heavy atom. The summed E-state index contributed by atoms with van der Waals surface area (Å²) in [6.45, 7) is 0. The van der Waals surface area contributed by atoms with E-state index in [-0.39, 0.29) is 6.03 Å². The van der Waals surface area contributed by atoms with Crippen LogP contribution in [-0.2, 0) is 0 Å². The average Bonchev–Trinajstić information content (AvgIpc) is 3.25. The zero-order valence-corrected chi connectivity index (χ0v) is 14.9. The smallest absolute Gasteiger partial charge is 0.323 e. The van der Waals surface area contributed by atoms with E-state index in [4.69, 9.17) is 4.74 Å². The van der Waals surface area contributed by atoms with Crippen LogP contribution in [0.15, 0.2) is 97.6 Å². The van der Waals surface area contributed by atoms with E-state index >= 15 is 0 Å². The molecule has 0 unspecified atom stereocenters. The normalized spacial score (nSPS) is 10.3. The summed E-state index contributed by atoms with van der Waals surface area (Å²) in [5, 5.41) is 5.66. The second-order valence-electron chi connectivity index (χ2n) is 6.03. The highest BCUT2D eigenvalue weighted by Gasteiger charge is 2.05. The number of carbonyl (C=O) groups excluding carboxylic acids is 1. The number of hydrogen-bond acceptors (Lipinski definition) is 3. The number of hydrogen-bond donors (Lipinski definition) is 2. The lowest BCUT2D eigenvalue weighted by atomic mass is 10.2. The van der Waals surface area contributed by atoms with Crippen LogP contribution >= 0.6 is 0 Å². The topological polar surface area (TPSA) is 68.2 Å². The minimum Gasteiger partial charge on any atom is -0.457 e. The average molecular weight is 370 g/mol. The van der Waals surface area contributed by atoms with Gasteiger partial charge in [-0.1, -0.05) is 6.07 Å². The van der Waals surface area contributed by atoms with Gasteiger partial charge in [-0.05, 0) is 66.7 Å². The molecule has 2 N–H and O–H groups in total. The Bertz CT molecular complexity index is 1050. The van der Waals surface area contributed by atoms with Crippen LogP contribution in [-0.4, -0.2) is 15.6 Å². The molecule has 0 aliphatic carbocycles. The Morgan fingerprint density at radius 1 is 0.786 bits per heavy atom. The van der Waals surface area contributed by atoms with Gasteiger partial charge in [-0.15, -0.1) is 0 Å². The standard InChI is InChI=1S/C22H18N4O2/c27-22(25-18-4-3-5-19(16-18)26-14-1-2-15-26)24-17-6-8-20(9-7-17)28-21-10-12-23-13-11-21/h1-16H,(H2,24,25,27). The van der Waals surface area contributed by atoms with Gasteiger partial charge in [0.15, 0.2) is 0 Å². The van der Waals surface area contributed by atoms with Crippen LogP contribution in [0.2, 0.25) is 0 Å². The van der Waals surface area contributed by atoms with Gasteiger partial charge in [-0.3, -0.25) is 4.98 Å². The highest BCUT2D eigenvalue weighted by Crippen LogP contribution is 2.22. The van der Waals surface area contributed by atoms with Crippen LogP contribution in [0.25, 0.3) is 5.69 Å². The fraction of sp³-hybridized carbons (Fsp3) is 0. The van der Waals surface area contributed by atoms with Crippen molar-refractivity contribution in [3.63, 3.8) is 0 Å². The van der Waals surface area contributed by atoms with Gasteiger partial charge < -0.3 is 19.9 Å². The summed E-state index contributed by atoms with van der Waals surface area (Å²) >= 11 is 0. The molecule has 2 heterocycles. The summed E-state index contributed by atoms with van der Waals surface area (Å²) in [5.41, 5.74) is 2.35. The van der Waals surface area contributed by atoms with Crippen molar-refractivity contribution in [3.05, 3.63) is 97.6 Å². The van der Waals surface area contributed by atoms with Crippen molar-refractivity contribution < 1.29 is 9.53 Å². The molecule has 0 saturated carbocycles. The summed E-state index contributed by atoms with van der Waals surface area (Å²) in [5.74, 6) is 1.38. The van der Waals surface area contributed by atoms with Crippen molar-refractivity contribution in [2.75, 3.05) is 10.6 Å². The largest absolute Gasteiger partial charge is 0.457 e. The lowest BCUT2D eigenvalue weighted by Crippen LogP contribution is -2.19. The van der Waals surface area contributed by atoms with Crippen molar-refractivity contribution in [1.82, 2.24) is 9.55 Å². The third-order valence-corrected chi connectivity index (χ3v) is 4.00. The zero-order chi connectivity index (χ0) is 19.2. The molecule has 6 heteroatoms. The molecule has 0 spiro atoms. The predicted octanol–water partition coefficient (Wildman–Crippen LogP) is 5.31. The fourth-order valence-electron chi connectivity index (χ4n) is 2.69. The molecule has 0 bridgehead atoms. The minimum atomic E-state index is -0.313. The number of carbonyl (C=O) groups is 1. The van der Waals surface area contributed by atoms with E-state index in [1.165, 1.54) is 0 Å². The summed E-state index contributed by atoms with van der Waals surface area (Å²) in [4.78, 5) is 16.2. The van der Waals surface area contributed by atoms with Gasteiger partial charge in [0.05, 0.1) is 0 Å². The molecule has 2 amide bonds. The van der Waals surface area contributed by atoms with E-state index in [1.807, 2.05) is 53.4 Å². The molecule has 0 fully saturated rings. The van der Waals surface area contributed by atoms with Gasteiger partial charge in [-0.2, -0.15) is 0 Å². The second-order valence-corrected chi connectivity index (χ2v) is 6.03. The lowest BCUT2D eigenvalue weighted by Gasteiger charge is -2.10. The predicted molar refractivity (Wildman–Crippen MR) is 109 cm³/mol. The highest BCUT2D eigenvalue weighted by molar-refractivity contribution is 5.99. The number of aromatic nitrogens is 2. The molecule has 0 aliphatic rings. The molecule has 0 saturated heterocycles. The Morgan fingerprint density at radius 2 is 1.46 bits per heavy atom. The number of nitrogens with one attached hydrogen (secondary N) is 2. The first kappa shape index (κ1) is 17.4. The number of benzene rings is 2. The fourth-order valence-corrected chi connectivity index (χ4v) is 2.69. The van der Waals surface area contributed by atoms with Gasteiger partial charge in [0.25, 0.3) is 0 Å². The van der Waals surface area contributed by atoms with Crippen LogP contribution in [0, 0.1) is 0 Å². The van der Waals surface area contributed by atoms with Crippen LogP contribution < -0.4 is 15.4 Å². The summed E-state index contributed by atoms with van der Waals surface area (Å²) in [7, 11) is 0. The van der Waals surface area contributed by atoms with E-state index < -0.39 is 0 Å². The lowest BCUT2D eigenvalue weighted by molar-refractivity contribution is 0.262. The molecule has 138 valence electrons. The molecule has 6 nitrogen and oxygen atoms in total. The van der Waals surface area contributed by atoms with Gasteiger partial charge in [0.1, 0.15) is 11.5 Å². The van der Waals surface area contributed by atoms with Gasteiger partial charge in [0.2, 0.25) is 0 Å². The van der Waals surface area contributed by atoms with Gasteiger partial charge in [0, 0.05) is 41.8 Å². The molecular formula is C22H18N4O2. The first-order chi connectivity index (χ1) is 13.8. The number of ether oxygens (including phenoxy) is 1. The molecule has 4 aromatic rings. The molecule has 4 rings (SSSR count). The molecule has 0 aliphatic heterocycles. The van der Waals surface area contributed by atoms with Crippen LogP contribution in [0.3, 0.4) is 0 Å². The maximum atomic E-state index is 12.3. The van der Waals surface area contributed by atoms with E-state index in [1.54, 1.807) is 48.8 Å². The van der Waals surface area contributed by atoms with Crippen molar-refractivity contribution in [2.24, 2.45) is 0 Å². The Kier molecular flexibility index (Phi) is 5.02. The van der Waals surface area contributed by atoms with Crippen molar-refractivity contribution in [2.45, 2.75) is 0 Å². The highest BCUT2D eigenvalue weighted by atomic mass is 16.5. The summed E-state index contributed by atoms with van der Waals surface area (Å²) in [6, 6.07) is 21.9. The summed E-state index contributed by atoms with van der Waals surface area (Å²) < 4.78 is 7.69. The number of amides is 2. The number of urea groups is 1. The maximum absolute atomic E-state index is 12.3. The monoisotopic (exact) mass is 370 g/mol. The SMILES string of the molecule is O=C(Nc1ccc(Oc2ccncc2)cc1)Nc1cccc(-n2cccc2)c1. The number of nitrogens with zero attached hydrogens (tertiary/aromatic N) is 2. The van der Waals surface area contributed by atoms with E-state index in [0.717, 1.165) is 5.69 Å². The molecular weight excluding hydrogens is 352 g/mol. The van der Waals surface area contributed by atoms with Crippen molar-refractivity contribution in [3.8, 4) is 17.2 Å². The number of pyridine rings is 1. The third kappa shape index (κ3) is 4.37. The minimum absolute atomic E-state index is 0.313. The quantitative estimate of drug-likeness (QED) is 0.500.